The van der Waals surface area contributed by atoms with Gasteiger partial charge in [-0.25, -0.2) is 0 Å². The van der Waals surface area contributed by atoms with Crippen molar-refractivity contribution in [2.24, 2.45) is 5.92 Å². The molecule has 0 aromatic heterocycles. The summed E-state index contributed by atoms with van der Waals surface area (Å²) in [5.74, 6) is 0.572. The van der Waals surface area contributed by atoms with Crippen molar-refractivity contribution in [1.82, 2.24) is 0 Å². The third kappa shape index (κ3) is 3.39. The van der Waals surface area contributed by atoms with Crippen molar-refractivity contribution in [2.75, 3.05) is 11.9 Å². The van der Waals surface area contributed by atoms with Crippen LogP contribution in [0.25, 0.3) is 0 Å². The van der Waals surface area contributed by atoms with Crippen LogP contribution in [0.5, 0.6) is 0 Å². The van der Waals surface area contributed by atoms with Crippen LogP contribution < -0.4 is 5.32 Å². The smallest absolute Gasteiger partial charge is 0.0640 e. The Labute approximate surface area is 115 Å². The molecule has 0 radical (unpaired) electrons. The highest BCUT2D eigenvalue weighted by molar-refractivity contribution is 6.33. The van der Waals surface area contributed by atoms with E-state index in [1.54, 1.807) is 0 Å². The standard InChI is InChI=1S/C15H22ClNO/c1-10(2)15-9-12(6-7-18-15)17-14-5-4-11(3)8-13(14)16/h4-5,8,10,12,15,17H,6-7,9H2,1-3H3. The van der Waals surface area contributed by atoms with Gasteiger partial charge in [-0.1, -0.05) is 31.5 Å². The number of ether oxygens (including phenoxy) is 1. The summed E-state index contributed by atoms with van der Waals surface area (Å²) in [4.78, 5) is 0. The molecule has 2 unspecified atom stereocenters. The largest absolute Gasteiger partial charge is 0.381 e. The summed E-state index contributed by atoms with van der Waals surface area (Å²) in [6, 6.07) is 6.63. The van der Waals surface area contributed by atoms with E-state index in [1.807, 2.05) is 6.07 Å². The highest BCUT2D eigenvalue weighted by Crippen LogP contribution is 2.27. The zero-order valence-corrected chi connectivity index (χ0v) is 12.1. The number of benzene rings is 1. The van der Waals surface area contributed by atoms with E-state index in [-0.39, 0.29) is 0 Å². The molecule has 18 heavy (non-hydrogen) atoms. The van der Waals surface area contributed by atoms with Crippen LogP contribution in [-0.2, 0) is 4.74 Å². The second-order valence-electron chi connectivity index (χ2n) is 5.50. The summed E-state index contributed by atoms with van der Waals surface area (Å²) in [5.41, 5.74) is 2.23. The lowest BCUT2D eigenvalue weighted by Gasteiger charge is -2.33. The average molecular weight is 268 g/mol. The number of anilines is 1. The summed E-state index contributed by atoms with van der Waals surface area (Å²) in [7, 11) is 0. The molecule has 0 aliphatic carbocycles. The fraction of sp³-hybridized carbons (Fsp3) is 0.600. The number of hydrogen-bond donors (Lipinski definition) is 1. The molecule has 1 aromatic carbocycles. The summed E-state index contributed by atoms with van der Waals surface area (Å²) in [6.07, 6.45) is 2.47. The van der Waals surface area contributed by atoms with Crippen LogP contribution in [0, 0.1) is 12.8 Å². The van der Waals surface area contributed by atoms with E-state index >= 15 is 0 Å². The minimum absolute atomic E-state index is 0.362. The van der Waals surface area contributed by atoms with E-state index < -0.39 is 0 Å². The molecule has 1 heterocycles. The Morgan fingerprint density at radius 3 is 2.83 bits per heavy atom. The Bertz CT molecular complexity index is 405. The first kappa shape index (κ1) is 13.7. The van der Waals surface area contributed by atoms with E-state index in [9.17, 15) is 0 Å². The van der Waals surface area contributed by atoms with Crippen LogP contribution in [-0.4, -0.2) is 18.8 Å². The lowest BCUT2D eigenvalue weighted by molar-refractivity contribution is -0.0160. The minimum Gasteiger partial charge on any atom is -0.381 e. The van der Waals surface area contributed by atoms with Gasteiger partial charge in [-0.2, -0.15) is 0 Å². The van der Waals surface area contributed by atoms with Crippen molar-refractivity contribution < 1.29 is 4.74 Å². The third-order valence-corrected chi connectivity index (χ3v) is 3.86. The molecule has 3 heteroatoms. The maximum atomic E-state index is 6.25. The predicted octanol–water partition coefficient (Wildman–Crippen LogP) is 4.26. The van der Waals surface area contributed by atoms with Crippen LogP contribution in [0.2, 0.25) is 5.02 Å². The molecule has 1 N–H and O–H groups in total. The molecule has 1 saturated heterocycles. The number of aryl methyl sites for hydroxylation is 1. The van der Waals surface area contributed by atoms with E-state index in [0.717, 1.165) is 30.2 Å². The summed E-state index contributed by atoms with van der Waals surface area (Å²) in [5, 5.41) is 4.36. The second-order valence-corrected chi connectivity index (χ2v) is 5.91. The Kier molecular flexibility index (Phi) is 4.52. The second kappa shape index (κ2) is 5.94. The first-order valence-corrected chi connectivity index (χ1v) is 7.08. The molecule has 0 saturated carbocycles. The van der Waals surface area contributed by atoms with Gasteiger partial charge in [-0.05, 0) is 43.4 Å². The van der Waals surface area contributed by atoms with E-state index in [4.69, 9.17) is 16.3 Å². The van der Waals surface area contributed by atoms with Crippen LogP contribution in [0.1, 0.15) is 32.3 Å². The van der Waals surface area contributed by atoms with Crippen LogP contribution in [0.3, 0.4) is 0 Å². The molecule has 0 bridgehead atoms. The zero-order valence-electron chi connectivity index (χ0n) is 11.4. The summed E-state index contributed by atoms with van der Waals surface area (Å²) in [6.45, 7) is 7.32. The SMILES string of the molecule is Cc1ccc(NC2CCOC(C(C)C)C2)c(Cl)c1. The minimum atomic E-state index is 0.362. The zero-order chi connectivity index (χ0) is 13.1. The van der Waals surface area contributed by atoms with Crippen molar-refractivity contribution in [3.63, 3.8) is 0 Å². The molecule has 2 rings (SSSR count). The number of nitrogens with one attached hydrogen (secondary N) is 1. The molecule has 1 aliphatic rings. The Hall–Kier alpha value is -0.730. The van der Waals surface area contributed by atoms with Gasteiger partial charge in [0.15, 0.2) is 0 Å². The fourth-order valence-corrected chi connectivity index (χ4v) is 2.67. The predicted molar refractivity (Wildman–Crippen MR) is 77.4 cm³/mol. The van der Waals surface area contributed by atoms with Crippen LogP contribution in [0.15, 0.2) is 18.2 Å². The Morgan fingerprint density at radius 2 is 2.17 bits per heavy atom. The fourth-order valence-electron chi connectivity index (χ4n) is 2.38. The van der Waals surface area contributed by atoms with Crippen LogP contribution in [0.4, 0.5) is 5.69 Å². The van der Waals surface area contributed by atoms with Gasteiger partial charge in [0.2, 0.25) is 0 Å². The topological polar surface area (TPSA) is 21.3 Å². The molecular weight excluding hydrogens is 246 g/mol. The molecule has 1 aliphatic heterocycles. The molecule has 0 amide bonds. The van der Waals surface area contributed by atoms with Crippen molar-refractivity contribution in [2.45, 2.75) is 45.8 Å². The molecule has 0 spiro atoms. The van der Waals surface area contributed by atoms with Gasteiger partial charge in [-0.3, -0.25) is 0 Å². The normalized spacial score (nSPS) is 24.3. The highest BCUT2D eigenvalue weighted by Gasteiger charge is 2.25. The number of hydrogen-bond acceptors (Lipinski definition) is 2. The number of rotatable bonds is 3. The van der Waals surface area contributed by atoms with Gasteiger partial charge < -0.3 is 10.1 Å². The first-order valence-electron chi connectivity index (χ1n) is 6.70. The van der Waals surface area contributed by atoms with E-state index in [2.05, 4.69) is 38.2 Å². The average Bonchev–Trinajstić information content (AvgIpc) is 2.33. The maximum absolute atomic E-state index is 6.25. The molecular formula is C15H22ClNO. The Morgan fingerprint density at radius 1 is 1.39 bits per heavy atom. The number of halogens is 1. The lowest BCUT2D eigenvalue weighted by atomic mass is 9.95. The van der Waals surface area contributed by atoms with Crippen molar-refractivity contribution in [3.05, 3.63) is 28.8 Å². The van der Waals surface area contributed by atoms with Gasteiger partial charge in [0, 0.05) is 12.6 Å². The summed E-state index contributed by atoms with van der Waals surface area (Å²) < 4.78 is 5.78. The van der Waals surface area contributed by atoms with Crippen molar-refractivity contribution in [3.8, 4) is 0 Å². The van der Waals surface area contributed by atoms with Gasteiger partial charge in [-0.15, -0.1) is 0 Å². The van der Waals surface area contributed by atoms with Crippen molar-refractivity contribution in [1.29, 1.82) is 0 Å². The summed E-state index contributed by atoms with van der Waals surface area (Å²) >= 11 is 6.25. The Balaban J connectivity index is 2.00. The van der Waals surface area contributed by atoms with E-state index in [1.165, 1.54) is 5.56 Å². The van der Waals surface area contributed by atoms with Crippen molar-refractivity contribution >= 4 is 17.3 Å². The third-order valence-electron chi connectivity index (χ3n) is 3.54. The molecule has 1 aromatic rings. The van der Waals surface area contributed by atoms with E-state index in [0.29, 0.717) is 18.1 Å². The molecule has 2 atom stereocenters. The van der Waals surface area contributed by atoms with Gasteiger partial charge in [0.05, 0.1) is 16.8 Å². The monoisotopic (exact) mass is 267 g/mol. The van der Waals surface area contributed by atoms with Gasteiger partial charge >= 0.3 is 0 Å². The maximum Gasteiger partial charge on any atom is 0.0640 e. The highest BCUT2D eigenvalue weighted by atomic mass is 35.5. The lowest BCUT2D eigenvalue weighted by Crippen LogP contribution is -2.36. The molecule has 2 nitrogen and oxygen atoms in total. The van der Waals surface area contributed by atoms with Gasteiger partial charge in [0.25, 0.3) is 0 Å². The van der Waals surface area contributed by atoms with Gasteiger partial charge in [0.1, 0.15) is 0 Å². The first-order chi connectivity index (χ1) is 8.56. The quantitative estimate of drug-likeness (QED) is 0.883. The van der Waals surface area contributed by atoms with Crippen LogP contribution >= 0.6 is 11.6 Å². The molecule has 1 fully saturated rings. The molecule has 100 valence electrons.